The van der Waals surface area contributed by atoms with E-state index in [0.717, 1.165) is 11.3 Å². The van der Waals surface area contributed by atoms with Crippen molar-refractivity contribution in [3.8, 4) is 11.8 Å². The van der Waals surface area contributed by atoms with Crippen molar-refractivity contribution in [1.29, 1.82) is 0 Å². The summed E-state index contributed by atoms with van der Waals surface area (Å²) in [4.78, 5) is 12.3. The molecular formula is C16H17N3O2. The molecule has 0 saturated carbocycles. The maximum atomic E-state index is 12.3. The van der Waals surface area contributed by atoms with Gasteiger partial charge in [0.05, 0.1) is 11.4 Å². The summed E-state index contributed by atoms with van der Waals surface area (Å²) in [5, 5.41) is 15.8. The second kappa shape index (κ2) is 6.25. The molecule has 0 spiro atoms. The second-order valence-electron chi connectivity index (χ2n) is 4.76. The highest BCUT2D eigenvalue weighted by Gasteiger charge is 2.13. The lowest BCUT2D eigenvalue weighted by Crippen LogP contribution is -2.16. The van der Waals surface area contributed by atoms with Crippen LogP contribution in [0.3, 0.4) is 0 Å². The fraction of sp³-hybridized carbons (Fsp3) is 0.250. The van der Waals surface area contributed by atoms with Crippen LogP contribution in [0.4, 0.5) is 5.69 Å². The Bertz CT molecular complexity index is 736. The van der Waals surface area contributed by atoms with Gasteiger partial charge in [-0.25, -0.2) is 0 Å². The van der Waals surface area contributed by atoms with E-state index in [1.54, 1.807) is 17.8 Å². The number of nitrogens with one attached hydrogen (secondary N) is 1. The van der Waals surface area contributed by atoms with Crippen molar-refractivity contribution in [1.82, 2.24) is 9.78 Å². The van der Waals surface area contributed by atoms with Crippen LogP contribution in [0.1, 0.15) is 27.3 Å². The van der Waals surface area contributed by atoms with Crippen LogP contribution in [0.5, 0.6) is 0 Å². The zero-order chi connectivity index (χ0) is 15.4. The summed E-state index contributed by atoms with van der Waals surface area (Å²) >= 11 is 0. The molecule has 0 aliphatic carbocycles. The van der Waals surface area contributed by atoms with Crippen LogP contribution in [0.25, 0.3) is 0 Å². The number of carbonyl (C=O) groups is 1. The van der Waals surface area contributed by atoms with Gasteiger partial charge in [-0.2, -0.15) is 5.10 Å². The molecule has 0 atom stereocenters. The largest absolute Gasteiger partial charge is 0.384 e. The first kappa shape index (κ1) is 14.8. The minimum absolute atomic E-state index is 0.220. The molecule has 1 amide bonds. The molecule has 2 N–H and O–H groups in total. The number of aliphatic hydroxyl groups excluding tert-OH is 1. The SMILES string of the molecule is Cc1ccc(C#CCO)c(NC(=O)c2cc(C)nn2C)c1. The summed E-state index contributed by atoms with van der Waals surface area (Å²) in [6.45, 7) is 3.55. The Morgan fingerprint density at radius 3 is 2.76 bits per heavy atom. The number of carbonyl (C=O) groups excluding carboxylic acids is 1. The molecule has 0 aliphatic rings. The van der Waals surface area contributed by atoms with Crippen LogP contribution in [0.15, 0.2) is 24.3 Å². The van der Waals surface area contributed by atoms with Crippen molar-refractivity contribution >= 4 is 11.6 Å². The molecule has 2 aromatic rings. The maximum Gasteiger partial charge on any atom is 0.273 e. The molecule has 0 saturated heterocycles. The van der Waals surface area contributed by atoms with Gasteiger partial charge >= 0.3 is 0 Å². The van der Waals surface area contributed by atoms with E-state index < -0.39 is 0 Å². The molecule has 1 aromatic heterocycles. The molecule has 0 unspecified atom stereocenters. The highest BCUT2D eigenvalue weighted by Crippen LogP contribution is 2.18. The number of benzene rings is 1. The topological polar surface area (TPSA) is 67.2 Å². The molecule has 0 bridgehead atoms. The first-order valence-corrected chi connectivity index (χ1v) is 6.53. The monoisotopic (exact) mass is 283 g/mol. The van der Waals surface area contributed by atoms with Crippen LogP contribution in [0, 0.1) is 25.7 Å². The Balaban J connectivity index is 2.32. The first-order valence-electron chi connectivity index (χ1n) is 6.53. The van der Waals surface area contributed by atoms with Gasteiger partial charge in [0.2, 0.25) is 0 Å². The van der Waals surface area contributed by atoms with E-state index in [0.29, 0.717) is 16.9 Å². The third-order valence-electron chi connectivity index (χ3n) is 2.96. The molecule has 5 heteroatoms. The van der Waals surface area contributed by atoms with Gasteiger partial charge in [-0.15, -0.1) is 0 Å². The number of aromatic nitrogens is 2. The lowest BCUT2D eigenvalue weighted by atomic mass is 10.1. The standard InChI is InChI=1S/C16H17N3O2/c1-11-6-7-13(5-4-8-20)14(9-11)17-16(21)15-10-12(2)18-19(15)3/h6-7,9-10,20H,8H2,1-3H3,(H,17,21). The minimum atomic E-state index is -0.240. The summed E-state index contributed by atoms with van der Waals surface area (Å²) < 4.78 is 1.54. The summed E-state index contributed by atoms with van der Waals surface area (Å²) in [5.74, 6) is 5.18. The Morgan fingerprint density at radius 1 is 1.38 bits per heavy atom. The van der Waals surface area contributed by atoms with E-state index in [-0.39, 0.29) is 12.5 Å². The van der Waals surface area contributed by atoms with Crippen molar-refractivity contribution < 1.29 is 9.90 Å². The third-order valence-corrected chi connectivity index (χ3v) is 2.96. The highest BCUT2D eigenvalue weighted by atomic mass is 16.2. The number of anilines is 1. The molecular weight excluding hydrogens is 266 g/mol. The number of nitrogens with zero attached hydrogens (tertiary/aromatic N) is 2. The summed E-state index contributed by atoms with van der Waals surface area (Å²) in [6.07, 6.45) is 0. The lowest BCUT2D eigenvalue weighted by molar-refractivity contribution is 0.101. The van der Waals surface area contributed by atoms with Gasteiger partial charge < -0.3 is 10.4 Å². The van der Waals surface area contributed by atoms with Crippen molar-refractivity contribution in [3.05, 3.63) is 46.8 Å². The van der Waals surface area contributed by atoms with E-state index >= 15 is 0 Å². The number of aliphatic hydroxyl groups is 1. The van der Waals surface area contributed by atoms with Gasteiger partial charge in [-0.05, 0) is 37.6 Å². The van der Waals surface area contributed by atoms with E-state index in [9.17, 15) is 4.79 Å². The fourth-order valence-corrected chi connectivity index (χ4v) is 2.01. The van der Waals surface area contributed by atoms with Gasteiger partial charge in [-0.1, -0.05) is 17.9 Å². The van der Waals surface area contributed by atoms with Gasteiger partial charge in [0.1, 0.15) is 12.3 Å². The van der Waals surface area contributed by atoms with Crippen LogP contribution < -0.4 is 5.32 Å². The Hall–Kier alpha value is -2.58. The van der Waals surface area contributed by atoms with Crippen LogP contribution in [-0.2, 0) is 7.05 Å². The Kier molecular flexibility index (Phi) is 4.41. The number of rotatable bonds is 2. The van der Waals surface area contributed by atoms with Crippen LogP contribution in [0.2, 0.25) is 0 Å². The zero-order valence-corrected chi connectivity index (χ0v) is 12.3. The van der Waals surface area contributed by atoms with Gasteiger partial charge in [-0.3, -0.25) is 9.48 Å². The smallest absolute Gasteiger partial charge is 0.273 e. The molecule has 0 radical (unpaired) electrons. The van der Waals surface area contributed by atoms with Crippen molar-refractivity contribution in [3.63, 3.8) is 0 Å². The molecule has 1 aromatic carbocycles. The highest BCUT2D eigenvalue weighted by molar-refractivity contribution is 6.03. The molecule has 5 nitrogen and oxygen atoms in total. The lowest BCUT2D eigenvalue weighted by Gasteiger charge is -2.08. The number of aryl methyl sites for hydroxylation is 3. The minimum Gasteiger partial charge on any atom is -0.384 e. The Morgan fingerprint density at radius 2 is 2.14 bits per heavy atom. The fourth-order valence-electron chi connectivity index (χ4n) is 2.01. The second-order valence-corrected chi connectivity index (χ2v) is 4.76. The number of hydrogen-bond donors (Lipinski definition) is 2. The molecule has 21 heavy (non-hydrogen) atoms. The van der Waals surface area contributed by atoms with Crippen LogP contribution >= 0.6 is 0 Å². The van der Waals surface area contributed by atoms with Gasteiger partial charge in [0.25, 0.3) is 5.91 Å². The van der Waals surface area contributed by atoms with Crippen LogP contribution in [-0.4, -0.2) is 27.4 Å². The number of amides is 1. The predicted molar refractivity (Wildman–Crippen MR) is 81.0 cm³/mol. The molecule has 1 heterocycles. The van der Waals surface area contributed by atoms with E-state index in [4.69, 9.17) is 5.11 Å². The Labute approximate surface area is 123 Å². The maximum absolute atomic E-state index is 12.3. The molecule has 0 fully saturated rings. The quantitative estimate of drug-likeness (QED) is 0.823. The molecule has 108 valence electrons. The van der Waals surface area contributed by atoms with E-state index in [2.05, 4.69) is 22.3 Å². The normalized spacial score (nSPS) is 9.90. The number of hydrogen-bond acceptors (Lipinski definition) is 3. The average molecular weight is 283 g/mol. The average Bonchev–Trinajstić information content (AvgIpc) is 2.77. The molecule has 2 rings (SSSR count). The van der Waals surface area contributed by atoms with Gasteiger partial charge in [0.15, 0.2) is 0 Å². The van der Waals surface area contributed by atoms with Crippen molar-refractivity contribution in [2.75, 3.05) is 11.9 Å². The summed E-state index contributed by atoms with van der Waals surface area (Å²) in [6, 6.07) is 7.31. The first-order chi connectivity index (χ1) is 10.0. The predicted octanol–water partition coefficient (Wildman–Crippen LogP) is 1.63. The van der Waals surface area contributed by atoms with Crippen molar-refractivity contribution in [2.24, 2.45) is 7.05 Å². The summed E-state index contributed by atoms with van der Waals surface area (Å²) in [7, 11) is 1.73. The third kappa shape index (κ3) is 3.50. The summed E-state index contributed by atoms with van der Waals surface area (Å²) in [5.41, 5.74) is 3.57. The van der Waals surface area contributed by atoms with Crippen molar-refractivity contribution in [2.45, 2.75) is 13.8 Å². The van der Waals surface area contributed by atoms with E-state index in [1.807, 2.05) is 32.0 Å². The zero-order valence-electron chi connectivity index (χ0n) is 12.3. The molecule has 0 aliphatic heterocycles. The van der Waals surface area contributed by atoms with E-state index in [1.165, 1.54) is 0 Å². The van der Waals surface area contributed by atoms with Gasteiger partial charge in [0, 0.05) is 12.6 Å².